The quantitative estimate of drug-likeness (QED) is 0.759. The van der Waals surface area contributed by atoms with Crippen LogP contribution in [0.3, 0.4) is 0 Å². The Labute approximate surface area is 150 Å². The van der Waals surface area contributed by atoms with Crippen molar-refractivity contribution in [3.05, 3.63) is 59.9 Å². The van der Waals surface area contributed by atoms with Crippen molar-refractivity contribution in [1.82, 2.24) is 25.1 Å². The number of carbonyl (C=O) groups is 1. The fourth-order valence-corrected chi connectivity index (χ4v) is 2.41. The fraction of sp³-hybridized carbons (Fsp3) is 0.222. The van der Waals surface area contributed by atoms with E-state index in [1.165, 1.54) is 16.8 Å². The summed E-state index contributed by atoms with van der Waals surface area (Å²) in [6.45, 7) is 0.206. The first-order valence-electron chi connectivity index (χ1n) is 8.01. The molecule has 0 fully saturated rings. The van der Waals surface area contributed by atoms with Crippen molar-refractivity contribution in [2.75, 3.05) is 19.0 Å². The lowest BCUT2D eigenvalue weighted by Crippen LogP contribution is -2.26. The van der Waals surface area contributed by atoms with E-state index in [2.05, 4.69) is 20.4 Å². The number of carbonyl (C=O) groups excluding carboxylic acids is 1. The van der Waals surface area contributed by atoms with Crippen LogP contribution in [0.25, 0.3) is 11.3 Å². The Morgan fingerprint density at radius 2 is 1.96 bits per heavy atom. The normalized spacial score (nSPS) is 10.6. The van der Waals surface area contributed by atoms with E-state index >= 15 is 0 Å². The second-order valence-corrected chi connectivity index (χ2v) is 5.95. The molecule has 0 bridgehead atoms. The topological polar surface area (TPSA) is 75.9 Å². The number of anilines is 1. The molecule has 0 aliphatic carbocycles. The third-order valence-electron chi connectivity index (χ3n) is 3.81. The summed E-state index contributed by atoms with van der Waals surface area (Å²) in [5, 5.41) is 7.11. The molecule has 7 nitrogen and oxygen atoms in total. The molecule has 26 heavy (non-hydrogen) atoms. The van der Waals surface area contributed by atoms with Crippen molar-refractivity contribution < 1.29 is 9.18 Å². The van der Waals surface area contributed by atoms with Crippen LogP contribution in [0.4, 0.5) is 10.2 Å². The first-order valence-corrected chi connectivity index (χ1v) is 8.01. The number of nitrogens with zero attached hydrogens (tertiary/aromatic N) is 5. The number of benzene rings is 1. The maximum absolute atomic E-state index is 13.1. The number of aromatic nitrogens is 4. The molecular formula is C18H19FN6O. The number of aryl methyl sites for hydroxylation is 1. The Kier molecular flexibility index (Phi) is 4.92. The van der Waals surface area contributed by atoms with Gasteiger partial charge in [-0.05, 0) is 36.4 Å². The van der Waals surface area contributed by atoms with Gasteiger partial charge >= 0.3 is 0 Å². The van der Waals surface area contributed by atoms with E-state index in [1.807, 2.05) is 19.0 Å². The number of amides is 1. The van der Waals surface area contributed by atoms with Crippen molar-refractivity contribution in [3.8, 4) is 11.3 Å². The molecule has 3 aromatic rings. The van der Waals surface area contributed by atoms with Gasteiger partial charge in [0.15, 0.2) is 0 Å². The molecule has 2 aromatic heterocycles. The van der Waals surface area contributed by atoms with E-state index in [0.29, 0.717) is 17.2 Å². The van der Waals surface area contributed by atoms with E-state index < -0.39 is 0 Å². The summed E-state index contributed by atoms with van der Waals surface area (Å²) < 4.78 is 14.5. The predicted molar refractivity (Wildman–Crippen MR) is 96.1 cm³/mol. The van der Waals surface area contributed by atoms with Crippen molar-refractivity contribution in [2.45, 2.75) is 6.54 Å². The summed E-state index contributed by atoms with van der Waals surface area (Å²) in [5.41, 5.74) is 1.74. The number of rotatable bonds is 5. The molecule has 1 aromatic carbocycles. The maximum Gasteiger partial charge on any atom is 0.269 e. The van der Waals surface area contributed by atoms with Gasteiger partial charge in [-0.3, -0.25) is 9.48 Å². The fourth-order valence-electron chi connectivity index (χ4n) is 2.41. The Morgan fingerprint density at radius 3 is 2.65 bits per heavy atom. The van der Waals surface area contributed by atoms with E-state index in [0.717, 1.165) is 11.4 Å². The van der Waals surface area contributed by atoms with Gasteiger partial charge in [-0.15, -0.1) is 0 Å². The number of halogens is 1. The summed E-state index contributed by atoms with van der Waals surface area (Å²) >= 11 is 0. The van der Waals surface area contributed by atoms with E-state index in [-0.39, 0.29) is 18.3 Å². The summed E-state index contributed by atoms with van der Waals surface area (Å²) in [5.74, 6) is 0.684. The van der Waals surface area contributed by atoms with Gasteiger partial charge in [-0.25, -0.2) is 14.4 Å². The Bertz CT molecular complexity index is 920. The lowest BCUT2D eigenvalue weighted by molar-refractivity contribution is 0.0940. The Morgan fingerprint density at radius 1 is 1.23 bits per heavy atom. The average molecular weight is 354 g/mol. The van der Waals surface area contributed by atoms with Crippen LogP contribution in [0.1, 0.15) is 16.3 Å². The Hall–Kier alpha value is -3.29. The molecule has 2 heterocycles. The van der Waals surface area contributed by atoms with E-state index in [9.17, 15) is 9.18 Å². The van der Waals surface area contributed by atoms with Crippen LogP contribution in [0, 0.1) is 5.82 Å². The van der Waals surface area contributed by atoms with Crippen LogP contribution in [-0.4, -0.2) is 39.8 Å². The van der Waals surface area contributed by atoms with Crippen LogP contribution in [0.2, 0.25) is 0 Å². The zero-order chi connectivity index (χ0) is 18.7. The standard InChI is InChI=1S/C18H19FN6O/c1-24(2)17-8-9-20-16(22-17)11-21-18(26)15-10-14(23-25(15)3)12-4-6-13(19)7-5-12/h4-10H,11H2,1-3H3,(H,21,26). The first kappa shape index (κ1) is 17.5. The highest BCUT2D eigenvalue weighted by molar-refractivity contribution is 5.93. The molecule has 0 unspecified atom stereocenters. The van der Waals surface area contributed by atoms with Crippen LogP contribution < -0.4 is 10.2 Å². The van der Waals surface area contributed by atoms with Crippen molar-refractivity contribution in [3.63, 3.8) is 0 Å². The molecule has 0 radical (unpaired) electrons. The number of hydrogen-bond acceptors (Lipinski definition) is 5. The second kappa shape index (κ2) is 7.30. The summed E-state index contributed by atoms with van der Waals surface area (Å²) in [4.78, 5) is 22.8. The van der Waals surface area contributed by atoms with Crippen LogP contribution in [-0.2, 0) is 13.6 Å². The molecule has 3 rings (SSSR count). The average Bonchev–Trinajstić information content (AvgIpc) is 3.02. The van der Waals surface area contributed by atoms with E-state index in [1.54, 1.807) is 37.5 Å². The monoisotopic (exact) mass is 354 g/mol. The molecule has 0 aliphatic heterocycles. The van der Waals surface area contributed by atoms with Gasteiger partial charge in [0.1, 0.15) is 23.2 Å². The smallest absolute Gasteiger partial charge is 0.269 e. The summed E-state index contributed by atoms with van der Waals surface area (Å²) in [7, 11) is 5.46. The second-order valence-electron chi connectivity index (χ2n) is 5.95. The molecule has 0 aliphatic rings. The highest BCUT2D eigenvalue weighted by atomic mass is 19.1. The number of hydrogen-bond donors (Lipinski definition) is 1. The lowest BCUT2D eigenvalue weighted by Gasteiger charge is -2.11. The maximum atomic E-state index is 13.1. The summed E-state index contributed by atoms with van der Waals surface area (Å²) in [6.07, 6.45) is 1.65. The molecule has 0 saturated carbocycles. The molecule has 8 heteroatoms. The van der Waals surface area contributed by atoms with Gasteiger partial charge in [0.2, 0.25) is 0 Å². The molecule has 0 saturated heterocycles. The minimum absolute atomic E-state index is 0.206. The SMILES string of the molecule is CN(C)c1ccnc(CNC(=O)c2cc(-c3ccc(F)cc3)nn2C)n1. The third kappa shape index (κ3) is 3.85. The van der Waals surface area contributed by atoms with Crippen molar-refractivity contribution >= 4 is 11.7 Å². The van der Waals surface area contributed by atoms with Gasteiger partial charge < -0.3 is 10.2 Å². The third-order valence-corrected chi connectivity index (χ3v) is 3.81. The lowest BCUT2D eigenvalue weighted by atomic mass is 10.1. The highest BCUT2D eigenvalue weighted by Crippen LogP contribution is 2.19. The van der Waals surface area contributed by atoms with E-state index in [4.69, 9.17) is 0 Å². The molecule has 0 spiro atoms. The van der Waals surface area contributed by atoms with Gasteiger partial charge in [-0.1, -0.05) is 0 Å². The van der Waals surface area contributed by atoms with Crippen LogP contribution in [0.5, 0.6) is 0 Å². The first-order chi connectivity index (χ1) is 12.4. The molecular weight excluding hydrogens is 335 g/mol. The Balaban J connectivity index is 1.72. The minimum atomic E-state index is -0.317. The van der Waals surface area contributed by atoms with Crippen molar-refractivity contribution in [2.24, 2.45) is 7.05 Å². The van der Waals surface area contributed by atoms with Gasteiger partial charge in [0.05, 0.1) is 12.2 Å². The van der Waals surface area contributed by atoms with Gasteiger partial charge in [-0.2, -0.15) is 5.10 Å². The van der Waals surface area contributed by atoms with Crippen LogP contribution in [0.15, 0.2) is 42.6 Å². The van der Waals surface area contributed by atoms with Crippen molar-refractivity contribution in [1.29, 1.82) is 0 Å². The minimum Gasteiger partial charge on any atom is -0.363 e. The molecule has 0 atom stereocenters. The molecule has 1 N–H and O–H groups in total. The van der Waals surface area contributed by atoms with Crippen LogP contribution >= 0.6 is 0 Å². The summed E-state index contributed by atoms with van der Waals surface area (Å²) in [6, 6.07) is 9.43. The largest absolute Gasteiger partial charge is 0.363 e. The van der Waals surface area contributed by atoms with Gasteiger partial charge in [0, 0.05) is 32.9 Å². The predicted octanol–water partition coefficient (Wildman–Crippen LogP) is 2.01. The number of nitrogens with one attached hydrogen (secondary N) is 1. The molecule has 134 valence electrons. The zero-order valence-electron chi connectivity index (χ0n) is 14.8. The highest BCUT2D eigenvalue weighted by Gasteiger charge is 2.15. The zero-order valence-corrected chi connectivity index (χ0v) is 14.8. The molecule has 1 amide bonds. The van der Waals surface area contributed by atoms with Gasteiger partial charge in [0.25, 0.3) is 5.91 Å².